The lowest BCUT2D eigenvalue weighted by Gasteiger charge is -2.27. The second-order valence-electron chi connectivity index (χ2n) is 7.46. The highest BCUT2D eigenvalue weighted by Crippen LogP contribution is 2.37. The van der Waals surface area contributed by atoms with Gasteiger partial charge in [-0.1, -0.05) is 15.9 Å². The predicted molar refractivity (Wildman–Crippen MR) is 108 cm³/mol. The Morgan fingerprint density at radius 2 is 1.86 bits per heavy atom. The lowest BCUT2D eigenvalue weighted by atomic mass is 9.93. The number of benzene rings is 2. The first-order valence-corrected chi connectivity index (χ1v) is 9.52. The number of nitro groups is 1. The Balaban J connectivity index is 1.90. The van der Waals surface area contributed by atoms with E-state index in [9.17, 15) is 24.5 Å². The van der Waals surface area contributed by atoms with Gasteiger partial charge in [0, 0.05) is 34.6 Å². The third-order valence-electron chi connectivity index (χ3n) is 4.21. The molecular weight excluding hydrogens is 446 g/mol. The summed E-state index contributed by atoms with van der Waals surface area (Å²) in [5.74, 6) is -1.16. The molecule has 1 aliphatic heterocycles. The summed E-state index contributed by atoms with van der Waals surface area (Å²) in [5, 5.41) is 14.3. The molecule has 9 nitrogen and oxygen atoms in total. The van der Waals surface area contributed by atoms with Crippen molar-refractivity contribution in [2.75, 3.05) is 13.1 Å². The second-order valence-corrected chi connectivity index (χ2v) is 8.37. The number of nitrogens with one attached hydrogen (secondary N) is 1. The summed E-state index contributed by atoms with van der Waals surface area (Å²) in [6.45, 7) is 5.10. The normalized spacial score (nSPS) is 13.6. The highest BCUT2D eigenvalue weighted by Gasteiger charge is 2.35. The maximum atomic E-state index is 12.9. The van der Waals surface area contributed by atoms with Crippen molar-refractivity contribution < 1.29 is 24.0 Å². The number of ether oxygens (including phenoxy) is 1. The van der Waals surface area contributed by atoms with E-state index in [1.165, 1.54) is 24.3 Å². The summed E-state index contributed by atoms with van der Waals surface area (Å²) in [4.78, 5) is 49.4. The molecule has 0 saturated heterocycles. The van der Waals surface area contributed by atoms with Gasteiger partial charge in [0.2, 0.25) is 0 Å². The van der Waals surface area contributed by atoms with E-state index in [4.69, 9.17) is 4.74 Å². The minimum atomic E-state index is -0.670. The van der Waals surface area contributed by atoms with E-state index >= 15 is 0 Å². The smallest absolute Gasteiger partial charge is 0.407 e. The zero-order valence-corrected chi connectivity index (χ0v) is 17.5. The molecule has 0 atom stereocenters. The van der Waals surface area contributed by atoms with Crippen LogP contribution in [0.1, 0.15) is 41.5 Å². The van der Waals surface area contributed by atoms with E-state index in [0.29, 0.717) is 4.47 Å². The first-order valence-electron chi connectivity index (χ1n) is 8.73. The van der Waals surface area contributed by atoms with Crippen LogP contribution in [0.5, 0.6) is 0 Å². The zero-order valence-electron chi connectivity index (χ0n) is 15.9. The van der Waals surface area contributed by atoms with Crippen LogP contribution in [0.4, 0.5) is 10.5 Å². The average molecular weight is 464 g/mol. The number of carbonyl (C=O) groups excluding carboxylic acids is 3. The van der Waals surface area contributed by atoms with Gasteiger partial charge in [0.1, 0.15) is 5.60 Å². The van der Waals surface area contributed by atoms with Gasteiger partial charge in [-0.2, -0.15) is 0 Å². The largest absolute Gasteiger partial charge is 0.444 e. The molecule has 1 N–H and O–H groups in total. The Hall–Kier alpha value is -3.01. The number of nitro benzene ring substituents is 1. The fraction of sp³-hybridized carbons (Fsp3) is 0.316. The molecule has 0 bridgehead atoms. The molecule has 3 amide bonds. The van der Waals surface area contributed by atoms with Crippen molar-refractivity contribution >= 4 is 50.3 Å². The van der Waals surface area contributed by atoms with Crippen LogP contribution in [0.15, 0.2) is 28.7 Å². The molecule has 3 rings (SSSR count). The fourth-order valence-corrected chi connectivity index (χ4v) is 3.57. The monoisotopic (exact) mass is 463 g/mol. The number of nitrogens with zero attached hydrogens (tertiary/aromatic N) is 2. The molecule has 2 aromatic carbocycles. The highest BCUT2D eigenvalue weighted by atomic mass is 79.9. The van der Waals surface area contributed by atoms with Gasteiger partial charge in [-0.25, -0.2) is 4.79 Å². The van der Waals surface area contributed by atoms with E-state index in [0.717, 1.165) is 4.90 Å². The summed E-state index contributed by atoms with van der Waals surface area (Å²) in [7, 11) is 0. The molecule has 29 heavy (non-hydrogen) atoms. The summed E-state index contributed by atoms with van der Waals surface area (Å²) in [5.41, 5.74) is -0.474. The quantitative estimate of drug-likeness (QED) is 0.419. The SMILES string of the molecule is CC(C)(C)OC(=O)NCCN1C(=O)c2ccc([N+](=O)[O-])c3cc(Br)cc(c23)C1=O. The molecule has 1 aliphatic rings. The molecule has 0 spiro atoms. The molecule has 0 saturated carbocycles. The van der Waals surface area contributed by atoms with E-state index in [-0.39, 0.29) is 40.7 Å². The van der Waals surface area contributed by atoms with Crippen LogP contribution in [0.25, 0.3) is 10.8 Å². The Bertz CT molecular complexity index is 1060. The van der Waals surface area contributed by atoms with Gasteiger partial charge in [0.15, 0.2) is 0 Å². The van der Waals surface area contributed by atoms with Crippen molar-refractivity contribution in [3.63, 3.8) is 0 Å². The third kappa shape index (κ3) is 4.07. The lowest BCUT2D eigenvalue weighted by molar-refractivity contribution is -0.383. The van der Waals surface area contributed by atoms with Crippen LogP contribution in [-0.2, 0) is 4.74 Å². The molecule has 1 heterocycles. The van der Waals surface area contributed by atoms with Crippen molar-refractivity contribution in [1.82, 2.24) is 10.2 Å². The van der Waals surface area contributed by atoms with E-state index < -0.39 is 28.4 Å². The van der Waals surface area contributed by atoms with Gasteiger partial charge in [-0.05, 0) is 39.0 Å². The van der Waals surface area contributed by atoms with Crippen molar-refractivity contribution in [2.45, 2.75) is 26.4 Å². The van der Waals surface area contributed by atoms with Crippen LogP contribution in [0, 0.1) is 10.1 Å². The van der Waals surface area contributed by atoms with Crippen LogP contribution in [0.3, 0.4) is 0 Å². The molecule has 0 aromatic heterocycles. The minimum Gasteiger partial charge on any atom is -0.444 e. The Kier molecular flexibility index (Phi) is 5.31. The number of carbonyl (C=O) groups is 3. The first kappa shape index (κ1) is 20.7. The maximum Gasteiger partial charge on any atom is 0.407 e. The van der Waals surface area contributed by atoms with E-state index in [1.807, 2.05) is 0 Å². The molecular formula is C19H18BrN3O6. The Labute approximate surface area is 174 Å². The second kappa shape index (κ2) is 7.43. The van der Waals surface area contributed by atoms with Gasteiger partial charge >= 0.3 is 6.09 Å². The molecule has 0 fully saturated rings. The topological polar surface area (TPSA) is 119 Å². The molecule has 2 aromatic rings. The summed E-state index contributed by atoms with van der Waals surface area (Å²) in [6, 6.07) is 5.64. The van der Waals surface area contributed by atoms with Crippen molar-refractivity contribution in [3.8, 4) is 0 Å². The van der Waals surface area contributed by atoms with Gasteiger partial charge in [0.25, 0.3) is 17.5 Å². The lowest BCUT2D eigenvalue weighted by Crippen LogP contribution is -2.45. The highest BCUT2D eigenvalue weighted by molar-refractivity contribution is 9.10. The number of hydrogen-bond acceptors (Lipinski definition) is 6. The third-order valence-corrected chi connectivity index (χ3v) is 4.67. The summed E-state index contributed by atoms with van der Waals surface area (Å²) < 4.78 is 5.61. The molecule has 0 radical (unpaired) electrons. The number of hydrogen-bond donors (Lipinski definition) is 1. The van der Waals surface area contributed by atoms with Crippen LogP contribution < -0.4 is 5.32 Å². The summed E-state index contributed by atoms with van der Waals surface area (Å²) in [6.07, 6.45) is -0.657. The maximum absolute atomic E-state index is 12.9. The van der Waals surface area contributed by atoms with Gasteiger partial charge in [-0.15, -0.1) is 0 Å². The van der Waals surface area contributed by atoms with Gasteiger partial charge in [0.05, 0.1) is 15.9 Å². The Morgan fingerprint density at radius 1 is 1.21 bits per heavy atom. The van der Waals surface area contributed by atoms with Crippen molar-refractivity contribution in [1.29, 1.82) is 0 Å². The average Bonchev–Trinajstić information content (AvgIpc) is 2.59. The number of amides is 3. The predicted octanol–water partition coefficient (Wildman–Crippen LogP) is 3.63. The van der Waals surface area contributed by atoms with Crippen LogP contribution in [0.2, 0.25) is 0 Å². The fourth-order valence-electron chi connectivity index (χ4n) is 3.11. The van der Waals surface area contributed by atoms with Crippen molar-refractivity contribution in [3.05, 3.63) is 50.0 Å². The van der Waals surface area contributed by atoms with Gasteiger partial charge < -0.3 is 10.1 Å². The number of non-ortho nitro benzene ring substituents is 1. The molecule has 10 heteroatoms. The molecule has 152 valence electrons. The zero-order chi connectivity index (χ0) is 21.5. The molecule has 0 aliphatic carbocycles. The number of rotatable bonds is 4. The van der Waals surface area contributed by atoms with E-state index in [1.54, 1.807) is 20.8 Å². The summed E-state index contributed by atoms with van der Waals surface area (Å²) >= 11 is 3.27. The standard InChI is InChI=1S/C19H18BrN3O6/c1-19(2,3)29-18(26)21-6-7-22-16(24)11-4-5-14(23(27)28)12-8-10(20)9-13(15(11)12)17(22)25/h4-5,8-9H,6-7H2,1-3H3,(H,21,26). The van der Waals surface area contributed by atoms with Crippen LogP contribution in [-0.4, -0.2) is 46.4 Å². The minimum absolute atomic E-state index is 0.00581. The van der Waals surface area contributed by atoms with Crippen LogP contribution >= 0.6 is 15.9 Å². The number of imide groups is 1. The number of halogens is 1. The number of alkyl carbamates (subject to hydrolysis) is 1. The molecule has 0 unspecified atom stereocenters. The Morgan fingerprint density at radius 3 is 2.48 bits per heavy atom. The first-order chi connectivity index (χ1) is 13.5. The van der Waals surface area contributed by atoms with E-state index in [2.05, 4.69) is 21.2 Å². The van der Waals surface area contributed by atoms with Crippen molar-refractivity contribution in [2.24, 2.45) is 0 Å². The van der Waals surface area contributed by atoms with Gasteiger partial charge in [-0.3, -0.25) is 24.6 Å².